The Hall–Kier alpha value is -1.76. The van der Waals surface area contributed by atoms with E-state index in [-0.39, 0.29) is 54.2 Å². The van der Waals surface area contributed by atoms with Crippen molar-refractivity contribution in [2.45, 2.75) is 160 Å². The largest absolute Gasteiger partial charge is 0.481 e. The van der Waals surface area contributed by atoms with E-state index >= 15 is 0 Å². The molecule has 58 heavy (non-hydrogen) atoms. The molecule has 20 atom stereocenters. The Morgan fingerprint density at radius 2 is 1.48 bits per heavy atom. The maximum atomic E-state index is 13.2. The summed E-state index contributed by atoms with van der Waals surface area (Å²) in [6.07, 6.45) is -6.19. The molecule has 1 heterocycles. The van der Waals surface area contributed by atoms with Gasteiger partial charge in [0.25, 0.3) is 0 Å². The number of carboxylic acid groups (broad SMARTS) is 1. The van der Waals surface area contributed by atoms with Crippen molar-refractivity contribution in [3.63, 3.8) is 0 Å². The Labute approximate surface area is 340 Å². The summed E-state index contributed by atoms with van der Waals surface area (Å²) in [6, 6.07) is 0. The first-order valence-corrected chi connectivity index (χ1v) is 21.4. The molecule has 6 aliphatic carbocycles. The van der Waals surface area contributed by atoms with Crippen molar-refractivity contribution in [2.24, 2.45) is 56.2 Å². The van der Waals surface area contributed by atoms with Gasteiger partial charge in [0.2, 0.25) is 0 Å². The van der Waals surface area contributed by atoms with Crippen LogP contribution in [0.3, 0.4) is 0 Å². The smallest absolute Gasteiger partial charge is 0.311 e. The topological polar surface area (TPSA) is 253 Å². The second-order valence-corrected chi connectivity index (χ2v) is 20.6. The molecule has 20 unspecified atom stereocenters. The number of esters is 1. The highest BCUT2D eigenvalue weighted by atomic mass is 16.7. The fraction of sp³-hybridized carbons (Fsp3) is 0.907. The standard InChI is InChI=1S/C43H68O15/c1-38(37(54)55-6)11-13-43(36(52)53)14-12-41(4)22(23(43)16-38)7-8-28-39(2)17-24(46)34(40(3,20-45)27(39)9-10-42(28,41)5)58-35-33(51)31(49)26(19-56-35)57-25-15-21(18-44)29(47)32(50)30(25)48/h7,21,23-35,44-51H,8-20H2,1-6H3,(H,52,53). The van der Waals surface area contributed by atoms with E-state index in [1.165, 1.54) is 7.11 Å². The van der Waals surface area contributed by atoms with Crippen LogP contribution in [0.15, 0.2) is 11.6 Å². The van der Waals surface area contributed by atoms with E-state index in [1.54, 1.807) is 0 Å². The molecule has 0 aromatic carbocycles. The number of ether oxygens (including phenoxy) is 4. The lowest BCUT2D eigenvalue weighted by molar-refractivity contribution is -0.335. The number of carbonyl (C=O) groups is 2. The molecule has 6 fully saturated rings. The predicted octanol–water partition coefficient (Wildman–Crippen LogP) is 1.28. The lowest BCUT2D eigenvalue weighted by Gasteiger charge is -2.71. The summed E-state index contributed by atoms with van der Waals surface area (Å²) in [7, 11) is 1.38. The predicted molar refractivity (Wildman–Crippen MR) is 204 cm³/mol. The summed E-state index contributed by atoms with van der Waals surface area (Å²) in [5.74, 6) is -2.29. The third-order valence-electron chi connectivity index (χ3n) is 18.0. The Morgan fingerprint density at radius 3 is 2.12 bits per heavy atom. The highest BCUT2D eigenvalue weighted by Gasteiger charge is 2.71. The summed E-state index contributed by atoms with van der Waals surface area (Å²) in [6.45, 7) is 9.53. The van der Waals surface area contributed by atoms with Crippen molar-refractivity contribution in [3.05, 3.63) is 11.6 Å². The number of rotatable bonds is 8. The van der Waals surface area contributed by atoms with Crippen molar-refractivity contribution in [1.82, 2.24) is 0 Å². The van der Waals surface area contributed by atoms with Gasteiger partial charge in [-0.25, -0.2) is 0 Å². The summed E-state index contributed by atoms with van der Waals surface area (Å²) < 4.78 is 23.4. The van der Waals surface area contributed by atoms with Crippen LogP contribution in [0, 0.1) is 56.2 Å². The normalized spacial score (nSPS) is 54.2. The molecule has 1 aliphatic heterocycles. The zero-order chi connectivity index (χ0) is 42.5. The van der Waals surface area contributed by atoms with Crippen LogP contribution in [0.25, 0.3) is 0 Å². The van der Waals surface area contributed by atoms with Gasteiger partial charge < -0.3 is 64.9 Å². The van der Waals surface area contributed by atoms with Crippen molar-refractivity contribution < 1.29 is 74.5 Å². The number of hydrogen-bond donors (Lipinski definition) is 9. The highest BCUT2D eigenvalue weighted by molar-refractivity contribution is 5.80. The van der Waals surface area contributed by atoms with Crippen molar-refractivity contribution >= 4 is 11.9 Å². The van der Waals surface area contributed by atoms with Gasteiger partial charge >= 0.3 is 11.9 Å². The van der Waals surface area contributed by atoms with Crippen LogP contribution in [0.2, 0.25) is 0 Å². The van der Waals surface area contributed by atoms with E-state index < -0.39 is 101 Å². The van der Waals surface area contributed by atoms with Crippen LogP contribution < -0.4 is 0 Å². The Bertz CT molecular complexity index is 1610. The average molecular weight is 825 g/mol. The molecule has 0 aromatic heterocycles. The summed E-state index contributed by atoms with van der Waals surface area (Å²) in [5, 5.41) is 97.3. The monoisotopic (exact) mass is 824 g/mol. The zero-order valence-electron chi connectivity index (χ0n) is 34.8. The highest BCUT2D eigenvalue weighted by Crippen LogP contribution is 2.76. The molecule has 7 rings (SSSR count). The number of carbonyl (C=O) groups excluding carboxylic acids is 1. The third kappa shape index (κ3) is 6.30. The summed E-state index contributed by atoms with van der Waals surface area (Å²) >= 11 is 0. The van der Waals surface area contributed by atoms with Gasteiger partial charge in [-0.2, -0.15) is 0 Å². The van der Waals surface area contributed by atoms with Gasteiger partial charge in [-0.15, -0.1) is 0 Å². The lowest BCUT2D eigenvalue weighted by atomic mass is 9.33. The molecule has 9 N–H and O–H groups in total. The van der Waals surface area contributed by atoms with E-state index in [4.69, 9.17) is 18.9 Å². The van der Waals surface area contributed by atoms with Crippen LogP contribution >= 0.6 is 0 Å². The van der Waals surface area contributed by atoms with E-state index in [2.05, 4.69) is 26.8 Å². The van der Waals surface area contributed by atoms with Gasteiger partial charge in [0.1, 0.15) is 30.5 Å². The first-order valence-electron chi connectivity index (χ1n) is 21.4. The van der Waals surface area contributed by atoms with Crippen LogP contribution in [0.1, 0.15) is 98.8 Å². The summed E-state index contributed by atoms with van der Waals surface area (Å²) in [5.41, 5.74) is -2.78. The quantitative estimate of drug-likeness (QED) is 0.0950. The lowest BCUT2D eigenvalue weighted by Crippen LogP contribution is -2.69. The van der Waals surface area contributed by atoms with Gasteiger partial charge in [-0.1, -0.05) is 39.3 Å². The molecule has 0 radical (unpaired) electrons. The number of carboxylic acids is 1. The Morgan fingerprint density at radius 1 is 0.810 bits per heavy atom. The fourth-order valence-electron chi connectivity index (χ4n) is 14.2. The molecule has 0 bridgehead atoms. The fourth-order valence-corrected chi connectivity index (χ4v) is 14.2. The number of hydrogen-bond acceptors (Lipinski definition) is 14. The molecule has 330 valence electrons. The molecular weight excluding hydrogens is 756 g/mol. The van der Waals surface area contributed by atoms with Gasteiger partial charge in [0.05, 0.1) is 55.6 Å². The van der Waals surface area contributed by atoms with Crippen LogP contribution in [-0.4, -0.2) is 146 Å². The summed E-state index contributed by atoms with van der Waals surface area (Å²) in [4.78, 5) is 26.3. The minimum absolute atomic E-state index is 0.00671. The zero-order valence-corrected chi connectivity index (χ0v) is 34.8. The molecule has 15 heteroatoms. The average Bonchev–Trinajstić information content (AvgIpc) is 3.18. The SMILES string of the molecule is COC(=O)C1(C)CCC2(C(=O)O)CCC3(C)C(=CCC4C5(C)CC(O)C(OC6OCC(OC7CC(CO)C(O)C(O)C7O)C(O)C6O)C(C)(CO)C5CCC43C)C2C1. The number of aliphatic hydroxyl groups excluding tert-OH is 8. The Balaban J connectivity index is 1.11. The number of aliphatic hydroxyl groups is 8. The number of fused-ring (bicyclic) bond motifs is 7. The Kier molecular flexibility index (Phi) is 11.6. The van der Waals surface area contributed by atoms with Crippen molar-refractivity contribution in [1.29, 1.82) is 0 Å². The number of methoxy groups -OCH3 is 1. The van der Waals surface area contributed by atoms with Crippen LogP contribution in [0.5, 0.6) is 0 Å². The number of allylic oxidation sites excluding steroid dienone is 2. The minimum atomic E-state index is -1.64. The van der Waals surface area contributed by atoms with Crippen LogP contribution in [0.4, 0.5) is 0 Å². The molecule has 1 saturated heterocycles. The van der Waals surface area contributed by atoms with E-state index in [9.17, 15) is 55.5 Å². The van der Waals surface area contributed by atoms with Gasteiger partial charge in [0.15, 0.2) is 6.29 Å². The maximum Gasteiger partial charge on any atom is 0.311 e. The second kappa shape index (κ2) is 15.2. The minimum Gasteiger partial charge on any atom is -0.481 e. The number of aliphatic carboxylic acids is 1. The first-order chi connectivity index (χ1) is 27.1. The molecular formula is C43H68O15. The third-order valence-corrected chi connectivity index (χ3v) is 18.0. The maximum absolute atomic E-state index is 13.2. The molecule has 0 amide bonds. The van der Waals surface area contributed by atoms with Gasteiger partial charge in [-0.3, -0.25) is 9.59 Å². The molecule has 5 saturated carbocycles. The van der Waals surface area contributed by atoms with Crippen molar-refractivity contribution in [3.8, 4) is 0 Å². The van der Waals surface area contributed by atoms with Gasteiger partial charge in [-0.05, 0) is 105 Å². The molecule has 15 nitrogen and oxygen atoms in total. The second-order valence-electron chi connectivity index (χ2n) is 20.6. The van der Waals surface area contributed by atoms with E-state index in [0.717, 1.165) is 12.0 Å². The molecule has 0 aromatic rings. The molecule has 7 aliphatic rings. The van der Waals surface area contributed by atoms with Crippen molar-refractivity contribution in [2.75, 3.05) is 26.9 Å². The van der Waals surface area contributed by atoms with Gasteiger partial charge in [0, 0.05) is 17.9 Å². The van der Waals surface area contributed by atoms with Crippen LogP contribution in [-0.2, 0) is 28.5 Å². The first kappa shape index (κ1) is 44.3. The van der Waals surface area contributed by atoms with E-state index in [1.807, 2.05) is 13.8 Å². The van der Waals surface area contributed by atoms with E-state index in [0.29, 0.717) is 51.4 Å². The molecule has 0 spiro atoms.